The fraction of sp³-hybridized carbons (Fsp3) is 0.364. The van der Waals surface area contributed by atoms with E-state index in [4.69, 9.17) is 23.2 Å². The number of carbonyl (C=O) groups is 1. The number of hydrogen-bond donors (Lipinski definition) is 1. The van der Waals surface area contributed by atoms with Gasteiger partial charge in [-0.25, -0.2) is 4.39 Å². The Bertz CT molecular complexity index is 401. The third-order valence-electron chi connectivity index (χ3n) is 2.09. The molecule has 6 heteroatoms. The summed E-state index contributed by atoms with van der Waals surface area (Å²) < 4.78 is 17.5. The average Bonchev–Trinajstić information content (AvgIpc) is 2.32. The normalized spacial score (nSPS) is 12.2. The summed E-state index contributed by atoms with van der Waals surface area (Å²) in [6, 6.07) is 4.50. The first-order valence-electron chi connectivity index (χ1n) is 4.91. The molecule has 1 N–H and O–H groups in total. The second-order valence-corrected chi connectivity index (χ2v) is 4.30. The van der Waals surface area contributed by atoms with Gasteiger partial charge in [-0.05, 0) is 17.7 Å². The van der Waals surface area contributed by atoms with E-state index in [1.807, 2.05) is 0 Å². The molecule has 94 valence electrons. The lowest BCUT2D eigenvalue weighted by molar-refractivity contribution is -0.140. The number of ether oxygens (including phenoxy) is 1. The highest BCUT2D eigenvalue weighted by Crippen LogP contribution is 2.15. The number of hydrogen-bond acceptors (Lipinski definition) is 3. The Morgan fingerprint density at radius 2 is 2.29 bits per heavy atom. The molecule has 0 heterocycles. The number of nitrogens with one attached hydrogen (secondary N) is 1. The van der Waals surface area contributed by atoms with E-state index in [1.54, 1.807) is 6.07 Å². The van der Waals surface area contributed by atoms with E-state index < -0.39 is 17.2 Å². The van der Waals surface area contributed by atoms with E-state index in [2.05, 4.69) is 10.1 Å². The molecule has 1 atom stereocenters. The maximum Gasteiger partial charge on any atom is 0.325 e. The van der Waals surface area contributed by atoms with Gasteiger partial charge in [-0.3, -0.25) is 4.79 Å². The number of esters is 1. The third-order valence-corrected chi connectivity index (χ3v) is 2.73. The lowest BCUT2D eigenvalue weighted by Gasteiger charge is -2.09. The first-order chi connectivity index (χ1) is 8.04. The average molecular weight is 280 g/mol. The van der Waals surface area contributed by atoms with Crippen molar-refractivity contribution in [2.75, 3.05) is 13.7 Å². The molecule has 0 saturated heterocycles. The highest BCUT2D eigenvalue weighted by Gasteiger charge is 2.14. The van der Waals surface area contributed by atoms with E-state index >= 15 is 0 Å². The first kappa shape index (κ1) is 14.2. The van der Waals surface area contributed by atoms with Crippen molar-refractivity contribution < 1.29 is 13.9 Å². The summed E-state index contributed by atoms with van der Waals surface area (Å²) in [6.45, 7) is 0.646. The van der Waals surface area contributed by atoms with Gasteiger partial charge in [-0.15, -0.1) is 11.6 Å². The topological polar surface area (TPSA) is 38.3 Å². The molecule has 0 saturated carbocycles. The second-order valence-electron chi connectivity index (χ2n) is 3.37. The Kier molecular flexibility index (Phi) is 5.68. The van der Waals surface area contributed by atoms with Crippen LogP contribution in [-0.2, 0) is 16.1 Å². The van der Waals surface area contributed by atoms with Gasteiger partial charge in [-0.2, -0.15) is 0 Å². The maximum atomic E-state index is 13.1. The molecule has 0 fully saturated rings. The molecule has 1 unspecified atom stereocenters. The fourth-order valence-corrected chi connectivity index (χ4v) is 1.52. The molecule has 0 bridgehead atoms. The van der Waals surface area contributed by atoms with Crippen molar-refractivity contribution in [2.24, 2.45) is 0 Å². The van der Waals surface area contributed by atoms with Gasteiger partial charge in [0.25, 0.3) is 0 Å². The Morgan fingerprint density at radius 1 is 1.59 bits per heavy atom. The van der Waals surface area contributed by atoms with Crippen molar-refractivity contribution in [1.29, 1.82) is 0 Å². The van der Waals surface area contributed by atoms with Crippen LogP contribution in [0.1, 0.15) is 5.56 Å². The maximum absolute atomic E-state index is 13.1. The summed E-state index contributed by atoms with van der Waals surface area (Å²) in [7, 11) is 1.27. The number of halogens is 3. The van der Waals surface area contributed by atoms with Crippen LogP contribution in [-0.4, -0.2) is 25.0 Å². The van der Waals surface area contributed by atoms with Gasteiger partial charge in [0.15, 0.2) is 0 Å². The van der Waals surface area contributed by atoms with Crippen LogP contribution >= 0.6 is 23.2 Å². The fourth-order valence-electron chi connectivity index (χ4n) is 1.20. The number of carbonyl (C=O) groups excluding carboxylic acids is 1. The van der Waals surface area contributed by atoms with Gasteiger partial charge in [0, 0.05) is 13.1 Å². The number of alkyl halides is 1. The summed E-state index contributed by atoms with van der Waals surface area (Å²) in [4.78, 5) is 11.0. The number of benzene rings is 1. The molecule has 0 aliphatic carbocycles. The summed E-state index contributed by atoms with van der Waals surface area (Å²) in [6.07, 6.45) is 0. The second kappa shape index (κ2) is 6.79. The molecule has 3 nitrogen and oxygen atoms in total. The van der Waals surface area contributed by atoms with E-state index in [0.29, 0.717) is 6.54 Å². The van der Waals surface area contributed by atoms with Crippen molar-refractivity contribution in [3.05, 3.63) is 34.6 Å². The zero-order valence-electron chi connectivity index (χ0n) is 9.17. The Labute approximate surface area is 109 Å². The Balaban J connectivity index is 2.40. The molecule has 1 rings (SSSR count). The van der Waals surface area contributed by atoms with Crippen LogP contribution < -0.4 is 5.32 Å². The van der Waals surface area contributed by atoms with E-state index in [9.17, 15) is 9.18 Å². The molecule has 0 aliphatic rings. The van der Waals surface area contributed by atoms with Gasteiger partial charge in [0.05, 0.1) is 12.1 Å². The Hall–Kier alpha value is -0.840. The van der Waals surface area contributed by atoms with Gasteiger partial charge >= 0.3 is 5.97 Å². The van der Waals surface area contributed by atoms with E-state index in [-0.39, 0.29) is 11.6 Å². The van der Waals surface area contributed by atoms with Crippen molar-refractivity contribution in [3.63, 3.8) is 0 Å². The van der Waals surface area contributed by atoms with Crippen LogP contribution in [0.25, 0.3) is 0 Å². The molecule has 0 aliphatic heterocycles. The molecular formula is C11H12Cl2FNO2. The summed E-state index contributed by atoms with van der Waals surface area (Å²) in [5, 5.41) is 2.25. The molecule has 0 amide bonds. The van der Waals surface area contributed by atoms with Crippen LogP contribution in [0, 0.1) is 5.82 Å². The van der Waals surface area contributed by atoms with Gasteiger partial charge in [0.2, 0.25) is 0 Å². The first-order valence-corrected chi connectivity index (χ1v) is 5.72. The summed E-state index contributed by atoms with van der Waals surface area (Å²) in [5.41, 5.74) is 0.723. The van der Waals surface area contributed by atoms with Crippen LogP contribution in [0.5, 0.6) is 0 Å². The highest BCUT2D eigenvalue weighted by atomic mass is 35.5. The minimum Gasteiger partial charge on any atom is -0.468 e. The summed E-state index contributed by atoms with van der Waals surface area (Å²) in [5.74, 6) is -0.970. The van der Waals surface area contributed by atoms with Crippen molar-refractivity contribution in [1.82, 2.24) is 5.32 Å². The molecule has 1 aromatic rings. The van der Waals surface area contributed by atoms with Crippen molar-refractivity contribution in [3.8, 4) is 0 Å². The van der Waals surface area contributed by atoms with E-state index in [1.165, 1.54) is 19.2 Å². The smallest absolute Gasteiger partial charge is 0.325 e. The van der Waals surface area contributed by atoms with Crippen LogP contribution in [0.3, 0.4) is 0 Å². The van der Waals surface area contributed by atoms with E-state index in [0.717, 1.165) is 5.56 Å². The highest BCUT2D eigenvalue weighted by molar-refractivity contribution is 6.30. The predicted octanol–water partition coefficient (Wildman–Crippen LogP) is 2.35. The third kappa shape index (κ3) is 4.50. The van der Waals surface area contributed by atoms with Crippen molar-refractivity contribution in [2.45, 2.75) is 11.9 Å². The lowest BCUT2D eigenvalue weighted by atomic mass is 10.2. The zero-order valence-corrected chi connectivity index (χ0v) is 10.7. The summed E-state index contributed by atoms with van der Waals surface area (Å²) >= 11 is 11.3. The Morgan fingerprint density at radius 3 is 2.88 bits per heavy atom. The van der Waals surface area contributed by atoms with Crippen LogP contribution in [0.15, 0.2) is 18.2 Å². The standard InChI is InChI=1S/C11H12Cl2FNO2/c1-17-11(16)9(13)6-15-5-7-2-3-8(12)10(14)4-7/h2-4,9,15H,5-6H2,1H3. The molecule has 1 aromatic carbocycles. The molecule has 0 aromatic heterocycles. The molecular weight excluding hydrogens is 268 g/mol. The van der Waals surface area contributed by atoms with Crippen LogP contribution in [0.2, 0.25) is 5.02 Å². The molecule has 17 heavy (non-hydrogen) atoms. The minimum atomic E-state index is -0.753. The monoisotopic (exact) mass is 279 g/mol. The van der Waals surface area contributed by atoms with Gasteiger partial charge in [-0.1, -0.05) is 17.7 Å². The lowest BCUT2D eigenvalue weighted by Crippen LogP contribution is -2.29. The van der Waals surface area contributed by atoms with Crippen molar-refractivity contribution >= 4 is 29.2 Å². The largest absolute Gasteiger partial charge is 0.468 e. The SMILES string of the molecule is COC(=O)C(Cl)CNCc1ccc(Cl)c(F)c1. The number of rotatable bonds is 5. The number of methoxy groups -OCH3 is 1. The minimum absolute atomic E-state index is 0.0820. The quantitative estimate of drug-likeness (QED) is 0.664. The van der Waals surface area contributed by atoms with Crippen LogP contribution in [0.4, 0.5) is 4.39 Å². The predicted molar refractivity (Wildman–Crippen MR) is 64.8 cm³/mol. The molecule has 0 spiro atoms. The zero-order chi connectivity index (χ0) is 12.8. The van der Waals surface area contributed by atoms with Gasteiger partial charge in [0.1, 0.15) is 11.2 Å². The van der Waals surface area contributed by atoms with Gasteiger partial charge < -0.3 is 10.1 Å². The molecule has 0 radical (unpaired) electrons.